The minimum Gasteiger partial charge on any atom is -0.296 e. The Hall–Kier alpha value is -2.03. The third-order valence-electron chi connectivity index (χ3n) is 2.46. The third-order valence-corrected chi connectivity index (χ3v) is 3.81. The van der Waals surface area contributed by atoms with Crippen molar-refractivity contribution < 1.29 is 32.1 Å². The van der Waals surface area contributed by atoms with Crippen LogP contribution >= 0.6 is 11.6 Å². The Labute approximate surface area is 135 Å². The zero-order valence-corrected chi connectivity index (χ0v) is 13.2. The summed E-state index contributed by atoms with van der Waals surface area (Å²) in [4.78, 5) is 13.9. The topological polar surface area (TPSA) is 80.7 Å². The third kappa shape index (κ3) is 5.93. The fourth-order valence-electron chi connectivity index (χ4n) is 1.38. The van der Waals surface area contributed by atoms with Gasteiger partial charge in [-0.15, -0.1) is 0 Å². The van der Waals surface area contributed by atoms with Gasteiger partial charge in [0.15, 0.2) is 21.5 Å². The summed E-state index contributed by atoms with van der Waals surface area (Å²) in [5.41, 5.74) is 0.222. The predicted octanol–water partition coefficient (Wildman–Crippen LogP) is 3.34. The molecule has 0 fully saturated rings. The van der Waals surface area contributed by atoms with E-state index < -0.39 is 27.4 Å². The van der Waals surface area contributed by atoms with Gasteiger partial charge < -0.3 is 0 Å². The highest BCUT2D eigenvalue weighted by Gasteiger charge is 2.10. The van der Waals surface area contributed by atoms with E-state index in [9.17, 15) is 22.0 Å². The summed E-state index contributed by atoms with van der Waals surface area (Å²) >= 11 is 5.56. The summed E-state index contributed by atoms with van der Waals surface area (Å²) in [5, 5.41) is 8.41. The van der Waals surface area contributed by atoms with Crippen LogP contribution in [0.15, 0.2) is 47.4 Å². The van der Waals surface area contributed by atoms with Crippen molar-refractivity contribution in [3.05, 3.63) is 64.7 Å². The number of rotatable bonds is 2. The standard InChI is InChI=1S/C7H5ClO3.C7H6F2O2S/c8-6-3-1-2-5(4-6)7(9)11-10;1-12(10,11)5-2-3-6(8)7(9)4-5/h1-4,10H;2-4H,1H3. The zero-order chi connectivity index (χ0) is 17.6. The predicted molar refractivity (Wildman–Crippen MR) is 79.0 cm³/mol. The number of benzene rings is 2. The number of carbonyl (C=O) groups is 1. The van der Waals surface area contributed by atoms with Gasteiger partial charge in [0.25, 0.3) is 0 Å². The molecule has 1 N–H and O–H groups in total. The van der Waals surface area contributed by atoms with E-state index in [4.69, 9.17) is 16.9 Å². The van der Waals surface area contributed by atoms with Crippen molar-refractivity contribution in [1.82, 2.24) is 0 Å². The molecule has 0 atom stereocenters. The van der Waals surface area contributed by atoms with Gasteiger partial charge in [-0.3, -0.25) is 4.89 Å². The molecule has 0 spiro atoms. The SMILES string of the molecule is CS(=O)(=O)c1ccc(F)c(F)c1.O=C(OO)c1cccc(Cl)c1. The van der Waals surface area contributed by atoms with Gasteiger partial charge in [0.05, 0.1) is 10.5 Å². The van der Waals surface area contributed by atoms with Crippen LogP contribution in [0.5, 0.6) is 0 Å². The Morgan fingerprint density at radius 1 is 1.13 bits per heavy atom. The van der Waals surface area contributed by atoms with Crippen LogP contribution in [0.3, 0.4) is 0 Å². The highest BCUT2D eigenvalue weighted by atomic mass is 35.5. The average molecular weight is 365 g/mol. The molecule has 2 rings (SSSR count). The Morgan fingerprint density at radius 2 is 1.78 bits per heavy atom. The Morgan fingerprint density at radius 3 is 2.26 bits per heavy atom. The van der Waals surface area contributed by atoms with Crippen molar-refractivity contribution in [1.29, 1.82) is 0 Å². The van der Waals surface area contributed by atoms with E-state index in [1.165, 1.54) is 12.1 Å². The Balaban J connectivity index is 0.000000231. The molecular weight excluding hydrogens is 354 g/mol. The molecule has 0 unspecified atom stereocenters. The van der Waals surface area contributed by atoms with Gasteiger partial charge in [0.2, 0.25) is 0 Å². The van der Waals surface area contributed by atoms with E-state index in [-0.39, 0.29) is 10.5 Å². The summed E-state index contributed by atoms with van der Waals surface area (Å²) in [5.74, 6) is -3.02. The lowest BCUT2D eigenvalue weighted by molar-refractivity contribution is -0.182. The van der Waals surface area contributed by atoms with Crippen molar-refractivity contribution in [2.24, 2.45) is 0 Å². The van der Waals surface area contributed by atoms with Crippen LogP contribution in [0.25, 0.3) is 0 Å². The summed E-state index contributed by atoms with van der Waals surface area (Å²) in [6.07, 6.45) is 0.930. The van der Waals surface area contributed by atoms with E-state index >= 15 is 0 Å². The van der Waals surface area contributed by atoms with Gasteiger partial charge in [-0.25, -0.2) is 22.0 Å². The highest BCUT2D eigenvalue weighted by molar-refractivity contribution is 7.90. The van der Waals surface area contributed by atoms with Gasteiger partial charge >= 0.3 is 5.97 Å². The van der Waals surface area contributed by atoms with Gasteiger partial charge in [-0.1, -0.05) is 17.7 Å². The first-order chi connectivity index (χ1) is 10.6. The second-order valence-electron chi connectivity index (χ2n) is 4.24. The van der Waals surface area contributed by atoms with Crippen LogP contribution < -0.4 is 0 Å². The fraction of sp³-hybridized carbons (Fsp3) is 0.0714. The number of halogens is 3. The quantitative estimate of drug-likeness (QED) is 0.502. The maximum atomic E-state index is 12.5. The summed E-state index contributed by atoms with van der Waals surface area (Å²) in [7, 11) is -3.45. The van der Waals surface area contributed by atoms with Crippen molar-refractivity contribution in [3.8, 4) is 0 Å². The molecule has 0 amide bonds. The molecule has 0 aromatic heterocycles. The van der Waals surface area contributed by atoms with Crippen LogP contribution in [0.4, 0.5) is 8.78 Å². The zero-order valence-electron chi connectivity index (χ0n) is 11.7. The number of sulfone groups is 1. The molecule has 0 aliphatic carbocycles. The average Bonchev–Trinajstić information content (AvgIpc) is 2.49. The van der Waals surface area contributed by atoms with E-state index in [1.54, 1.807) is 12.1 Å². The maximum Gasteiger partial charge on any atom is 0.372 e. The number of hydrogen-bond acceptors (Lipinski definition) is 5. The van der Waals surface area contributed by atoms with E-state index in [2.05, 4.69) is 4.89 Å². The molecule has 0 saturated carbocycles. The minimum atomic E-state index is -3.45. The molecule has 0 heterocycles. The maximum absolute atomic E-state index is 12.5. The molecule has 23 heavy (non-hydrogen) atoms. The molecule has 0 aliphatic heterocycles. The highest BCUT2D eigenvalue weighted by Crippen LogP contribution is 2.13. The smallest absolute Gasteiger partial charge is 0.296 e. The summed E-state index contributed by atoms with van der Waals surface area (Å²) in [6.45, 7) is 0. The van der Waals surface area contributed by atoms with Crippen LogP contribution in [0.2, 0.25) is 5.02 Å². The lowest BCUT2D eigenvalue weighted by Gasteiger charge is -1.97. The molecule has 5 nitrogen and oxygen atoms in total. The Kier molecular flexibility index (Phi) is 6.62. The first-order valence-electron chi connectivity index (χ1n) is 5.91. The molecular formula is C14H11ClF2O5S. The van der Waals surface area contributed by atoms with Crippen molar-refractivity contribution in [2.45, 2.75) is 4.90 Å². The normalized spacial score (nSPS) is 10.5. The van der Waals surface area contributed by atoms with Crippen LogP contribution in [0, 0.1) is 11.6 Å². The van der Waals surface area contributed by atoms with Crippen molar-refractivity contribution >= 4 is 27.4 Å². The first-order valence-corrected chi connectivity index (χ1v) is 8.18. The molecule has 0 radical (unpaired) electrons. The molecule has 124 valence electrons. The lowest BCUT2D eigenvalue weighted by atomic mass is 10.2. The van der Waals surface area contributed by atoms with Crippen molar-refractivity contribution in [2.75, 3.05) is 6.26 Å². The lowest BCUT2D eigenvalue weighted by Crippen LogP contribution is -2.00. The van der Waals surface area contributed by atoms with Crippen molar-refractivity contribution in [3.63, 3.8) is 0 Å². The summed E-state index contributed by atoms with van der Waals surface area (Å²) in [6, 6.07) is 8.57. The second-order valence-corrected chi connectivity index (χ2v) is 6.69. The fourth-order valence-corrected chi connectivity index (χ4v) is 2.20. The van der Waals surface area contributed by atoms with Crippen LogP contribution in [0.1, 0.15) is 10.4 Å². The molecule has 0 bridgehead atoms. The van der Waals surface area contributed by atoms with E-state index in [0.29, 0.717) is 11.1 Å². The van der Waals surface area contributed by atoms with Gasteiger partial charge in [0, 0.05) is 11.3 Å². The largest absolute Gasteiger partial charge is 0.372 e. The molecule has 0 saturated heterocycles. The monoisotopic (exact) mass is 364 g/mol. The van der Waals surface area contributed by atoms with Gasteiger partial charge in [-0.2, -0.15) is 5.26 Å². The van der Waals surface area contributed by atoms with E-state index in [0.717, 1.165) is 18.4 Å². The number of carbonyl (C=O) groups excluding carboxylic acids is 1. The Bertz CT molecular complexity index is 809. The van der Waals surface area contributed by atoms with Crippen LogP contribution in [-0.2, 0) is 14.7 Å². The molecule has 2 aromatic carbocycles. The molecule has 9 heteroatoms. The van der Waals surface area contributed by atoms with Gasteiger partial charge in [0.1, 0.15) is 0 Å². The molecule has 0 aliphatic rings. The first kappa shape index (κ1) is 19.0. The van der Waals surface area contributed by atoms with Gasteiger partial charge in [-0.05, 0) is 36.4 Å². The number of hydrogen-bond donors (Lipinski definition) is 1. The summed E-state index contributed by atoms with van der Waals surface area (Å²) < 4.78 is 46.4. The second kappa shape index (κ2) is 8.00. The minimum absolute atomic E-state index is 0.221. The molecule has 2 aromatic rings. The van der Waals surface area contributed by atoms with E-state index in [1.807, 2.05) is 0 Å². The van der Waals surface area contributed by atoms with Crippen LogP contribution in [-0.4, -0.2) is 25.9 Å².